The van der Waals surface area contributed by atoms with Gasteiger partial charge in [0.1, 0.15) is 35.3 Å². The molecule has 0 aromatic heterocycles. The van der Waals surface area contributed by atoms with Crippen LogP contribution in [0.3, 0.4) is 0 Å². The number of carbonyl (C=O) groups excluding carboxylic acids is 1. The van der Waals surface area contributed by atoms with Crippen molar-refractivity contribution in [3.63, 3.8) is 0 Å². The van der Waals surface area contributed by atoms with Crippen molar-refractivity contribution in [2.75, 3.05) is 7.11 Å². The summed E-state index contributed by atoms with van der Waals surface area (Å²) in [6.45, 7) is 7.58. The molecule has 1 heterocycles. The van der Waals surface area contributed by atoms with Gasteiger partial charge in [-0.3, -0.25) is 4.79 Å². The van der Waals surface area contributed by atoms with Gasteiger partial charge in [-0.15, -0.1) is 0 Å². The van der Waals surface area contributed by atoms with Crippen LogP contribution in [0.25, 0.3) is 11.1 Å². The third kappa shape index (κ3) is 5.62. The second-order valence-corrected chi connectivity index (χ2v) is 15.9. The van der Waals surface area contributed by atoms with E-state index in [4.69, 9.17) is 14.2 Å². The van der Waals surface area contributed by atoms with Crippen molar-refractivity contribution >= 4 is 18.4 Å². The van der Waals surface area contributed by atoms with Gasteiger partial charge < -0.3 is 18.8 Å². The van der Waals surface area contributed by atoms with Gasteiger partial charge in [0.05, 0.1) is 7.11 Å². The van der Waals surface area contributed by atoms with Crippen LogP contribution in [0.2, 0.25) is 0 Å². The Labute approximate surface area is 293 Å². The molecule has 2 atom stereocenters. The largest absolute Gasteiger partial charge is 0.497 e. The first-order valence-corrected chi connectivity index (χ1v) is 18.6. The zero-order valence-electron chi connectivity index (χ0n) is 28.9. The summed E-state index contributed by atoms with van der Waals surface area (Å²) in [4.78, 5) is 11.9. The van der Waals surface area contributed by atoms with E-state index < -0.39 is 18.3 Å². The maximum atomic E-state index is 16.8. The predicted octanol–water partition coefficient (Wildman–Crippen LogP) is 10.5. The highest BCUT2D eigenvalue weighted by atomic mass is 31.2. The van der Waals surface area contributed by atoms with E-state index in [1.54, 1.807) is 19.2 Å². The molecule has 1 aliphatic rings. The van der Waals surface area contributed by atoms with Crippen LogP contribution in [0.5, 0.6) is 23.0 Å². The van der Waals surface area contributed by atoms with Crippen LogP contribution in [0, 0.1) is 20.8 Å². The third-order valence-electron chi connectivity index (χ3n) is 9.67. The first-order valence-electron chi connectivity index (χ1n) is 16.7. The molecule has 0 N–H and O–H groups in total. The molecule has 2 unspecified atom stereocenters. The highest BCUT2D eigenvalue weighted by Gasteiger charge is 2.55. The topological polar surface area (TPSA) is 61.8 Å². The van der Waals surface area contributed by atoms with Gasteiger partial charge in [0.2, 0.25) is 0 Å². The zero-order chi connectivity index (χ0) is 35.0. The third-order valence-corrected chi connectivity index (χ3v) is 13.5. The minimum absolute atomic E-state index is 0.345. The Kier molecular flexibility index (Phi) is 8.71. The number of carbonyl (C=O) groups is 1. The first-order chi connectivity index (χ1) is 24.1. The van der Waals surface area contributed by atoms with Crippen LogP contribution in [-0.4, -0.2) is 13.1 Å². The fraction of sp³-hybridized carbons (Fsp3) is 0.159. The number of benzene rings is 6. The van der Waals surface area contributed by atoms with Gasteiger partial charge in [-0.05, 0) is 102 Å². The molecule has 1 aliphatic heterocycles. The molecule has 7 rings (SSSR count). The SMILES string of the molecule is COc1ccc(C(c2ccc(OC(C)=O)cc2)(c2ccc(Oc3c(C)cc(C)cc3C)cc2)P2(=O)Cc3ccccc3-c3ccccc32)cc1. The molecule has 0 spiro atoms. The minimum Gasteiger partial charge on any atom is -0.497 e. The number of fused-ring (bicyclic) bond motifs is 3. The van der Waals surface area contributed by atoms with Crippen LogP contribution in [0.4, 0.5) is 0 Å². The summed E-state index contributed by atoms with van der Waals surface area (Å²) in [5.41, 5.74) is 8.94. The molecule has 0 amide bonds. The molecule has 0 saturated carbocycles. The molecule has 0 saturated heterocycles. The Morgan fingerprint density at radius 1 is 0.640 bits per heavy atom. The van der Waals surface area contributed by atoms with Crippen LogP contribution in [-0.2, 0) is 20.7 Å². The quantitative estimate of drug-likeness (QED) is 0.0694. The monoisotopic (exact) mass is 678 g/mol. The predicted molar refractivity (Wildman–Crippen MR) is 201 cm³/mol. The average Bonchev–Trinajstić information content (AvgIpc) is 3.11. The van der Waals surface area contributed by atoms with Crippen LogP contribution in [0.15, 0.2) is 133 Å². The average molecular weight is 679 g/mol. The zero-order valence-corrected chi connectivity index (χ0v) is 29.8. The van der Waals surface area contributed by atoms with Crippen molar-refractivity contribution in [3.05, 3.63) is 172 Å². The lowest BCUT2D eigenvalue weighted by Gasteiger charge is -2.45. The number of methoxy groups -OCH3 is 1. The molecule has 0 bridgehead atoms. The highest BCUT2D eigenvalue weighted by Crippen LogP contribution is 2.72. The van der Waals surface area contributed by atoms with Gasteiger partial charge in [-0.1, -0.05) is 103 Å². The van der Waals surface area contributed by atoms with E-state index in [2.05, 4.69) is 51.1 Å². The summed E-state index contributed by atoms with van der Waals surface area (Å²) in [5.74, 6) is 2.24. The minimum atomic E-state index is -3.50. The number of rotatable bonds is 8. The molecule has 6 heteroatoms. The van der Waals surface area contributed by atoms with E-state index >= 15 is 4.57 Å². The summed E-state index contributed by atoms with van der Waals surface area (Å²) in [6.07, 6.45) is 0.345. The second kappa shape index (κ2) is 13.2. The Morgan fingerprint density at radius 3 is 1.70 bits per heavy atom. The molecule has 6 aromatic carbocycles. The van der Waals surface area contributed by atoms with Crippen LogP contribution >= 0.6 is 7.14 Å². The van der Waals surface area contributed by atoms with Gasteiger partial charge in [-0.25, -0.2) is 0 Å². The number of ether oxygens (including phenoxy) is 3. The van der Waals surface area contributed by atoms with E-state index in [1.165, 1.54) is 12.5 Å². The molecule has 50 heavy (non-hydrogen) atoms. The highest BCUT2D eigenvalue weighted by molar-refractivity contribution is 7.73. The van der Waals surface area contributed by atoms with Crippen molar-refractivity contribution < 1.29 is 23.6 Å². The second-order valence-electron chi connectivity index (χ2n) is 13.0. The van der Waals surface area contributed by atoms with Crippen LogP contribution < -0.4 is 19.5 Å². The lowest BCUT2D eigenvalue weighted by molar-refractivity contribution is -0.131. The lowest BCUT2D eigenvalue weighted by Crippen LogP contribution is -2.36. The molecule has 0 fully saturated rings. The smallest absolute Gasteiger partial charge is 0.308 e. The maximum absolute atomic E-state index is 16.8. The first kappa shape index (κ1) is 33.1. The fourth-order valence-electron chi connectivity index (χ4n) is 7.66. The Morgan fingerprint density at radius 2 is 1.14 bits per heavy atom. The standard InChI is InChI=1S/C44H39O5P/c1-29-26-30(2)43(31(3)27-29)49-39-24-18-36(19-25-39)44(34-14-20-37(47-5)21-15-34,35-16-22-38(23-17-35)48-32(4)45)50(46)28-33-10-6-7-11-40(33)41-12-8-9-13-42(41)50/h6-27H,28H2,1-5H3. The molecular weight excluding hydrogens is 639 g/mol. The summed E-state index contributed by atoms with van der Waals surface area (Å²) in [7, 11) is -1.86. The van der Waals surface area contributed by atoms with Crippen molar-refractivity contribution in [2.45, 2.75) is 39.0 Å². The molecule has 0 aliphatic carbocycles. The number of aryl methyl sites for hydroxylation is 3. The van der Waals surface area contributed by atoms with Gasteiger partial charge in [0.25, 0.3) is 0 Å². The van der Waals surface area contributed by atoms with Gasteiger partial charge in [0, 0.05) is 18.4 Å². The summed E-state index contributed by atoms with van der Waals surface area (Å²) in [5, 5.41) is -0.337. The van der Waals surface area contributed by atoms with Crippen molar-refractivity contribution in [1.29, 1.82) is 0 Å². The summed E-state index contributed by atoms with van der Waals surface area (Å²) >= 11 is 0. The summed E-state index contributed by atoms with van der Waals surface area (Å²) < 4.78 is 34.3. The van der Waals surface area contributed by atoms with Gasteiger partial charge in [-0.2, -0.15) is 0 Å². The van der Waals surface area contributed by atoms with Crippen molar-refractivity contribution in [1.82, 2.24) is 0 Å². The summed E-state index contributed by atoms with van der Waals surface area (Å²) in [6, 6.07) is 43.9. The maximum Gasteiger partial charge on any atom is 0.308 e. The number of esters is 1. The van der Waals surface area contributed by atoms with E-state index in [1.807, 2.05) is 91.0 Å². The van der Waals surface area contributed by atoms with E-state index in [0.717, 1.165) is 55.6 Å². The molecule has 6 aromatic rings. The van der Waals surface area contributed by atoms with Crippen LogP contribution in [0.1, 0.15) is 45.9 Å². The number of hydrogen-bond acceptors (Lipinski definition) is 5. The van der Waals surface area contributed by atoms with Crippen molar-refractivity contribution in [2.24, 2.45) is 0 Å². The molecule has 0 radical (unpaired) electrons. The van der Waals surface area contributed by atoms with E-state index in [-0.39, 0.29) is 0 Å². The Hall–Kier alpha value is -5.38. The molecule has 250 valence electrons. The normalized spacial score (nSPS) is 16.0. The molecule has 5 nitrogen and oxygen atoms in total. The van der Waals surface area contributed by atoms with E-state index in [0.29, 0.717) is 23.4 Å². The Balaban J connectivity index is 1.51. The van der Waals surface area contributed by atoms with Gasteiger partial charge in [0.15, 0.2) is 0 Å². The lowest BCUT2D eigenvalue weighted by atomic mass is 9.83. The van der Waals surface area contributed by atoms with E-state index in [9.17, 15) is 4.79 Å². The van der Waals surface area contributed by atoms with Crippen molar-refractivity contribution in [3.8, 4) is 34.1 Å². The van der Waals surface area contributed by atoms with Gasteiger partial charge >= 0.3 is 5.97 Å². The number of hydrogen-bond donors (Lipinski definition) is 0. The fourth-order valence-corrected chi connectivity index (χ4v) is 11.8. The Bertz CT molecular complexity index is 2230. The molecular formula is C44H39O5P.